The van der Waals surface area contributed by atoms with Crippen LogP contribution in [-0.2, 0) is 18.3 Å². The van der Waals surface area contributed by atoms with Gasteiger partial charge in [0.15, 0.2) is 0 Å². The maximum absolute atomic E-state index is 12.1. The molecule has 0 aliphatic rings. The first-order chi connectivity index (χ1) is 11.1. The quantitative estimate of drug-likeness (QED) is 0.784. The summed E-state index contributed by atoms with van der Waals surface area (Å²) in [5.41, 5.74) is 2.81. The van der Waals surface area contributed by atoms with E-state index in [2.05, 4.69) is 20.3 Å². The highest BCUT2D eigenvalue weighted by molar-refractivity contribution is 5.78. The number of aromatic nitrogens is 4. The lowest BCUT2D eigenvalue weighted by atomic mass is 10.2. The molecule has 6 heteroatoms. The number of hydrogen-bond acceptors (Lipinski definition) is 4. The van der Waals surface area contributed by atoms with Crippen molar-refractivity contribution in [1.82, 2.24) is 24.8 Å². The molecule has 0 unspecified atom stereocenters. The molecule has 3 aromatic rings. The van der Waals surface area contributed by atoms with Crippen molar-refractivity contribution in [2.45, 2.75) is 25.8 Å². The second kappa shape index (κ2) is 6.56. The van der Waals surface area contributed by atoms with E-state index < -0.39 is 0 Å². The second-order valence-electron chi connectivity index (χ2n) is 5.50. The van der Waals surface area contributed by atoms with Crippen molar-refractivity contribution in [2.75, 3.05) is 0 Å². The van der Waals surface area contributed by atoms with Crippen molar-refractivity contribution in [3.05, 3.63) is 54.4 Å². The molecule has 0 saturated carbocycles. The number of aryl methyl sites for hydroxylation is 2. The van der Waals surface area contributed by atoms with Crippen molar-refractivity contribution in [3.8, 4) is 0 Å². The zero-order valence-corrected chi connectivity index (χ0v) is 13.2. The highest BCUT2D eigenvalue weighted by Crippen LogP contribution is 2.19. The van der Waals surface area contributed by atoms with Crippen LogP contribution >= 0.6 is 0 Å². The van der Waals surface area contributed by atoms with Gasteiger partial charge in [-0.05, 0) is 25.5 Å². The van der Waals surface area contributed by atoms with E-state index in [0.717, 1.165) is 22.6 Å². The van der Waals surface area contributed by atoms with Crippen molar-refractivity contribution in [3.63, 3.8) is 0 Å². The molecule has 0 aliphatic carbocycles. The van der Waals surface area contributed by atoms with Crippen molar-refractivity contribution in [1.29, 1.82) is 0 Å². The number of hydrogen-bond donors (Lipinski definition) is 1. The van der Waals surface area contributed by atoms with E-state index in [1.807, 2.05) is 42.8 Å². The van der Waals surface area contributed by atoms with Gasteiger partial charge >= 0.3 is 0 Å². The summed E-state index contributed by atoms with van der Waals surface area (Å²) in [5, 5.41) is 3.00. The van der Waals surface area contributed by atoms with E-state index in [0.29, 0.717) is 12.8 Å². The van der Waals surface area contributed by atoms with Crippen LogP contribution in [0.5, 0.6) is 0 Å². The average molecular weight is 309 g/mol. The fourth-order valence-electron chi connectivity index (χ4n) is 2.63. The summed E-state index contributed by atoms with van der Waals surface area (Å²) in [6.07, 6.45) is 5.90. The lowest BCUT2D eigenvalue weighted by molar-refractivity contribution is -0.121. The van der Waals surface area contributed by atoms with E-state index in [1.165, 1.54) is 0 Å². The third-order valence-corrected chi connectivity index (χ3v) is 3.81. The van der Waals surface area contributed by atoms with Gasteiger partial charge in [0.25, 0.3) is 0 Å². The standard InChI is InChI=1S/C17H19N5O/c1-12(17-21-14-5-3-4-6-15(14)22(17)2)20-16(23)8-7-13-11-18-9-10-19-13/h3-6,9-12H,7-8H2,1-2H3,(H,20,23)/t12-/m1/s1. The third-order valence-electron chi connectivity index (χ3n) is 3.81. The molecule has 118 valence electrons. The summed E-state index contributed by atoms with van der Waals surface area (Å²) in [5.74, 6) is 0.828. The van der Waals surface area contributed by atoms with Crippen LogP contribution in [0.25, 0.3) is 11.0 Å². The Labute approximate surface area is 134 Å². The normalized spacial score (nSPS) is 12.3. The fourth-order valence-corrected chi connectivity index (χ4v) is 2.63. The first kappa shape index (κ1) is 15.1. The van der Waals surface area contributed by atoms with Crippen LogP contribution in [0, 0.1) is 0 Å². The van der Waals surface area contributed by atoms with Crippen molar-refractivity contribution >= 4 is 16.9 Å². The smallest absolute Gasteiger partial charge is 0.220 e. The Morgan fingerprint density at radius 1 is 1.30 bits per heavy atom. The van der Waals surface area contributed by atoms with Gasteiger partial charge in [0, 0.05) is 32.1 Å². The average Bonchev–Trinajstić information content (AvgIpc) is 2.91. The van der Waals surface area contributed by atoms with Crippen LogP contribution in [0.3, 0.4) is 0 Å². The number of imidazole rings is 1. The van der Waals surface area contributed by atoms with E-state index in [4.69, 9.17) is 0 Å². The molecule has 0 radical (unpaired) electrons. The summed E-state index contributed by atoms with van der Waals surface area (Å²) in [6.45, 7) is 1.95. The molecule has 1 atom stereocenters. The van der Waals surface area contributed by atoms with Crippen LogP contribution < -0.4 is 5.32 Å². The summed E-state index contributed by atoms with van der Waals surface area (Å²) in [6, 6.07) is 7.79. The number of nitrogens with one attached hydrogen (secondary N) is 1. The molecule has 1 amide bonds. The summed E-state index contributed by atoms with van der Waals surface area (Å²) >= 11 is 0. The van der Waals surface area contributed by atoms with Gasteiger partial charge < -0.3 is 9.88 Å². The van der Waals surface area contributed by atoms with Crippen molar-refractivity contribution in [2.24, 2.45) is 7.05 Å². The van der Waals surface area contributed by atoms with Crippen LogP contribution in [0.2, 0.25) is 0 Å². The van der Waals surface area contributed by atoms with Crippen LogP contribution in [0.4, 0.5) is 0 Å². The van der Waals surface area contributed by atoms with Gasteiger partial charge in [-0.2, -0.15) is 0 Å². The molecule has 0 spiro atoms. The Kier molecular flexibility index (Phi) is 4.32. The monoisotopic (exact) mass is 309 g/mol. The maximum atomic E-state index is 12.1. The molecule has 6 nitrogen and oxygen atoms in total. The van der Waals surface area contributed by atoms with Gasteiger partial charge in [0.1, 0.15) is 5.82 Å². The topological polar surface area (TPSA) is 72.7 Å². The van der Waals surface area contributed by atoms with Crippen molar-refractivity contribution < 1.29 is 4.79 Å². The van der Waals surface area contributed by atoms with Gasteiger partial charge in [-0.3, -0.25) is 14.8 Å². The molecule has 2 heterocycles. The number of benzene rings is 1. The number of carbonyl (C=O) groups excluding carboxylic acids is 1. The minimum Gasteiger partial charge on any atom is -0.346 e. The predicted molar refractivity (Wildman–Crippen MR) is 87.6 cm³/mol. The number of amides is 1. The number of fused-ring (bicyclic) bond motifs is 1. The number of nitrogens with zero attached hydrogens (tertiary/aromatic N) is 4. The van der Waals surface area contributed by atoms with E-state index >= 15 is 0 Å². The Balaban J connectivity index is 1.64. The van der Waals surface area contributed by atoms with E-state index in [1.54, 1.807) is 18.6 Å². The molecular weight excluding hydrogens is 290 g/mol. The maximum Gasteiger partial charge on any atom is 0.220 e. The minimum absolute atomic E-state index is 0.0183. The molecule has 23 heavy (non-hydrogen) atoms. The first-order valence-corrected chi connectivity index (χ1v) is 7.61. The molecule has 2 aromatic heterocycles. The Morgan fingerprint density at radius 2 is 2.13 bits per heavy atom. The highest BCUT2D eigenvalue weighted by atomic mass is 16.1. The second-order valence-corrected chi connectivity index (χ2v) is 5.50. The number of carbonyl (C=O) groups is 1. The molecule has 1 aromatic carbocycles. The zero-order chi connectivity index (χ0) is 16.2. The van der Waals surface area contributed by atoms with Crippen LogP contribution in [-0.4, -0.2) is 25.4 Å². The lowest BCUT2D eigenvalue weighted by Crippen LogP contribution is -2.28. The van der Waals surface area contributed by atoms with Crippen LogP contribution in [0.1, 0.15) is 30.9 Å². The Morgan fingerprint density at radius 3 is 2.87 bits per heavy atom. The summed E-state index contributed by atoms with van der Waals surface area (Å²) < 4.78 is 2.02. The molecule has 0 fully saturated rings. The predicted octanol–water partition coefficient (Wildman–Crippen LogP) is 2.17. The molecule has 0 saturated heterocycles. The summed E-state index contributed by atoms with van der Waals surface area (Å²) in [7, 11) is 1.97. The zero-order valence-electron chi connectivity index (χ0n) is 13.2. The molecule has 0 aliphatic heterocycles. The Hall–Kier alpha value is -2.76. The van der Waals surface area contributed by atoms with E-state index in [-0.39, 0.29) is 11.9 Å². The number of para-hydroxylation sites is 2. The molecular formula is C17H19N5O. The van der Waals surface area contributed by atoms with Gasteiger partial charge in [-0.1, -0.05) is 12.1 Å². The molecule has 1 N–H and O–H groups in total. The van der Waals surface area contributed by atoms with Gasteiger partial charge in [-0.25, -0.2) is 4.98 Å². The summed E-state index contributed by atoms with van der Waals surface area (Å²) in [4.78, 5) is 24.9. The SMILES string of the molecule is C[C@@H](NC(=O)CCc1cnccn1)c1nc2ccccc2n1C. The van der Waals surface area contributed by atoms with E-state index in [9.17, 15) is 4.79 Å². The van der Waals surface area contributed by atoms with Crippen LogP contribution in [0.15, 0.2) is 42.9 Å². The third kappa shape index (κ3) is 3.36. The largest absolute Gasteiger partial charge is 0.346 e. The Bertz CT molecular complexity index is 812. The molecule has 0 bridgehead atoms. The molecule has 3 rings (SSSR count). The van der Waals surface area contributed by atoms with Gasteiger partial charge in [-0.15, -0.1) is 0 Å². The fraction of sp³-hybridized carbons (Fsp3) is 0.294. The number of rotatable bonds is 5. The lowest BCUT2D eigenvalue weighted by Gasteiger charge is -2.13. The minimum atomic E-state index is -0.151. The van der Waals surface area contributed by atoms with Gasteiger partial charge in [0.05, 0.1) is 22.8 Å². The highest BCUT2D eigenvalue weighted by Gasteiger charge is 2.16. The van der Waals surface area contributed by atoms with Gasteiger partial charge in [0.2, 0.25) is 5.91 Å². The first-order valence-electron chi connectivity index (χ1n) is 7.61.